The summed E-state index contributed by atoms with van der Waals surface area (Å²) in [5, 5.41) is 3.90. The van der Waals surface area contributed by atoms with Crippen molar-refractivity contribution in [3.63, 3.8) is 0 Å². The Hall–Kier alpha value is -1.46. The highest BCUT2D eigenvalue weighted by Gasteiger charge is 2.24. The van der Waals surface area contributed by atoms with Gasteiger partial charge in [-0.15, -0.1) is 0 Å². The highest BCUT2D eigenvalue weighted by molar-refractivity contribution is 6.32. The number of hydrogen-bond donors (Lipinski definition) is 2. The molecule has 0 saturated heterocycles. The van der Waals surface area contributed by atoms with Gasteiger partial charge in [-0.25, -0.2) is 0 Å². The zero-order valence-electron chi connectivity index (χ0n) is 12.3. The van der Waals surface area contributed by atoms with Gasteiger partial charge in [-0.2, -0.15) is 0 Å². The van der Waals surface area contributed by atoms with Gasteiger partial charge in [0.1, 0.15) is 0 Å². The van der Waals surface area contributed by atoms with Crippen LogP contribution in [0.3, 0.4) is 0 Å². The highest BCUT2D eigenvalue weighted by Crippen LogP contribution is 2.36. The molecule has 1 aliphatic carbocycles. The minimum Gasteiger partial charge on any atom is -0.493 e. The lowest BCUT2D eigenvalue weighted by Crippen LogP contribution is -2.39. The predicted molar refractivity (Wildman–Crippen MR) is 81.7 cm³/mol. The molecular formula is C15H21ClN2O3. The van der Waals surface area contributed by atoms with Crippen LogP contribution in [-0.2, 0) is 11.3 Å². The summed E-state index contributed by atoms with van der Waals surface area (Å²) in [4.78, 5) is 10.8. The van der Waals surface area contributed by atoms with Crippen molar-refractivity contribution in [2.45, 2.75) is 32.4 Å². The van der Waals surface area contributed by atoms with Crippen LogP contribution < -0.4 is 20.5 Å². The van der Waals surface area contributed by atoms with Crippen molar-refractivity contribution in [1.29, 1.82) is 0 Å². The number of primary amides is 1. The topological polar surface area (TPSA) is 73.6 Å². The third-order valence-corrected chi connectivity index (χ3v) is 3.90. The molecule has 0 spiro atoms. The quantitative estimate of drug-likeness (QED) is 0.808. The van der Waals surface area contributed by atoms with Crippen molar-refractivity contribution in [1.82, 2.24) is 5.32 Å². The van der Waals surface area contributed by atoms with Crippen LogP contribution in [0.5, 0.6) is 11.5 Å². The Balaban J connectivity index is 2.02. The van der Waals surface area contributed by atoms with Crippen LogP contribution in [0.2, 0.25) is 5.02 Å². The van der Waals surface area contributed by atoms with E-state index in [1.54, 1.807) is 0 Å². The average molecular weight is 313 g/mol. The third kappa shape index (κ3) is 4.25. The number of nitrogens with one attached hydrogen (secondary N) is 1. The van der Waals surface area contributed by atoms with Crippen LogP contribution in [0.4, 0.5) is 0 Å². The number of rotatable bonds is 7. The second-order valence-corrected chi connectivity index (χ2v) is 5.93. The minimum atomic E-state index is -0.557. The number of ether oxygens (including phenoxy) is 2. The molecule has 1 fully saturated rings. The Morgan fingerprint density at radius 3 is 2.76 bits per heavy atom. The van der Waals surface area contributed by atoms with Gasteiger partial charge in [0.15, 0.2) is 18.1 Å². The molecule has 1 amide bonds. The highest BCUT2D eigenvalue weighted by atomic mass is 35.5. The summed E-state index contributed by atoms with van der Waals surface area (Å²) in [5.41, 5.74) is 6.08. The van der Waals surface area contributed by atoms with Gasteiger partial charge in [0.25, 0.3) is 5.91 Å². The fraction of sp³-hybridized carbons (Fsp3) is 0.533. The fourth-order valence-electron chi connectivity index (χ4n) is 2.49. The first-order valence-corrected chi connectivity index (χ1v) is 7.38. The Morgan fingerprint density at radius 1 is 1.48 bits per heavy atom. The van der Waals surface area contributed by atoms with Crippen LogP contribution in [0.25, 0.3) is 0 Å². The van der Waals surface area contributed by atoms with E-state index in [1.807, 2.05) is 12.1 Å². The van der Waals surface area contributed by atoms with E-state index in [0.29, 0.717) is 22.6 Å². The molecule has 2 rings (SSSR count). The van der Waals surface area contributed by atoms with Crippen molar-refractivity contribution in [3.05, 3.63) is 22.7 Å². The summed E-state index contributed by atoms with van der Waals surface area (Å²) < 4.78 is 10.6. The van der Waals surface area contributed by atoms with Crippen LogP contribution in [0.1, 0.15) is 25.3 Å². The molecule has 0 radical (unpaired) electrons. The maximum absolute atomic E-state index is 10.8. The normalized spacial score (nSPS) is 20.7. The third-order valence-electron chi connectivity index (χ3n) is 3.62. The lowest BCUT2D eigenvalue weighted by atomic mass is 9.82. The molecular weight excluding hydrogens is 292 g/mol. The molecule has 0 aromatic heterocycles. The summed E-state index contributed by atoms with van der Waals surface area (Å²) in [5.74, 6) is 1.10. The Kier molecular flexibility index (Phi) is 5.31. The monoisotopic (exact) mass is 312 g/mol. The molecule has 0 unspecified atom stereocenters. The van der Waals surface area contributed by atoms with Crippen molar-refractivity contribution >= 4 is 17.5 Å². The van der Waals surface area contributed by atoms with E-state index >= 15 is 0 Å². The maximum atomic E-state index is 10.8. The first-order valence-electron chi connectivity index (χ1n) is 7.00. The standard InChI is InChI=1S/C15H21ClN2O3/c1-9-3-11(4-9)18-7-10-5-12(16)15(13(6-10)20-2)21-8-14(17)19/h5-6,9,11,18H,3-4,7-8H2,1-2H3,(H2,17,19). The Labute approximate surface area is 129 Å². The van der Waals surface area contributed by atoms with Gasteiger partial charge in [0, 0.05) is 12.6 Å². The molecule has 0 bridgehead atoms. The summed E-state index contributed by atoms with van der Waals surface area (Å²) in [6, 6.07) is 4.25. The zero-order chi connectivity index (χ0) is 15.4. The molecule has 1 aliphatic rings. The number of amides is 1. The Morgan fingerprint density at radius 2 is 2.19 bits per heavy atom. The van der Waals surface area contributed by atoms with Crippen molar-refractivity contribution < 1.29 is 14.3 Å². The number of nitrogens with two attached hydrogens (primary N) is 1. The molecule has 1 saturated carbocycles. The largest absolute Gasteiger partial charge is 0.493 e. The van der Waals surface area contributed by atoms with E-state index in [1.165, 1.54) is 20.0 Å². The van der Waals surface area contributed by atoms with E-state index < -0.39 is 5.91 Å². The zero-order valence-corrected chi connectivity index (χ0v) is 13.1. The lowest BCUT2D eigenvalue weighted by molar-refractivity contribution is -0.119. The van der Waals surface area contributed by atoms with Crippen molar-refractivity contribution in [2.24, 2.45) is 11.7 Å². The fourth-order valence-corrected chi connectivity index (χ4v) is 2.78. The molecule has 1 aromatic carbocycles. The van der Waals surface area contributed by atoms with Gasteiger partial charge >= 0.3 is 0 Å². The van der Waals surface area contributed by atoms with Gasteiger partial charge in [-0.05, 0) is 36.5 Å². The van der Waals surface area contributed by atoms with E-state index in [4.69, 9.17) is 26.8 Å². The molecule has 0 atom stereocenters. The van der Waals surface area contributed by atoms with Crippen LogP contribution >= 0.6 is 11.6 Å². The second-order valence-electron chi connectivity index (χ2n) is 5.52. The summed E-state index contributed by atoms with van der Waals surface area (Å²) in [7, 11) is 1.54. The number of methoxy groups -OCH3 is 1. The number of halogens is 1. The molecule has 6 heteroatoms. The van der Waals surface area contributed by atoms with Crippen LogP contribution in [0, 0.1) is 5.92 Å². The number of carbonyl (C=O) groups excluding carboxylic acids is 1. The molecule has 0 aliphatic heterocycles. The first-order chi connectivity index (χ1) is 9.99. The molecule has 1 aromatic rings. The molecule has 0 heterocycles. The average Bonchev–Trinajstić information content (AvgIpc) is 2.40. The molecule has 5 nitrogen and oxygen atoms in total. The Bertz CT molecular complexity index is 516. The van der Waals surface area contributed by atoms with Gasteiger partial charge in [0.05, 0.1) is 12.1 Å². The molecule has 21 heavy (non-hydrogen) atoms. The van der Waals surface area contributed by atoms with Crippen molar-refractivity contribution in [2.75, 3.05) is 13.7 Å². The van der Waals surface area contributed by atoms with Gasteiger partial charge in [0.2, 0.25) is 0 Å². The number of carbonyl (C=O) groups is 1. The van der Waals surface area contributed by atoms with E-state index in [9.17, 15) is 4.79 Å². The summed E-state index contributed by atoms with van der Waals surface area (Å²) in [6.45, 7) is 2.75. The first kappa shape index (κ1) is 15.9. The van der Waals surface area contributed by atoms with E-state index in [0.717, 1.165) is 18.0 Å². The summed E-state index contributed by atoms with van der Waals surface area (Å²) >= 11 is 6.20. The van der Waals surface area contributed by atoms with Crippen molar-refractivity contribution in [3.8, 4) is 11.5 Å². The van der Waals surface area contributed by atoms with Crippen LogP contribution in [0.15, 0.2) is 12.1 Å². The van der Waals surface area contributed by atoms with Gasteiger partial charge < -0.3 is 20.5 Å². The molecule has 3 N–H and O–H groups in total. The maximum Gasteiger partial charge on any atom is 0.255 e. The molecule has 116 valence electrons. The SMILES string of the molecule is COc1cc(CNC2CC(C)C2)cc(Cl)c1OCC(N)=O. The van der Waals surface area contributed by atoms with Crippen LogP contribution in [-0.4, -0.2) is 25.7 Å². The minimum absolute atomic E-state index is 0.229. The second kappa shape index (κ2) is 7.00. The van der Waals surface area contributed by atoms with Gasteiger partial charge in [-0.3, -0.25) is 4.79 Å². The number of benzene rings is 1. The van der Waals surface area contributed by atoms with E-state index in [2.05, 4.69) is 12.2 Å². The van der Waals surface area contributed by atoms with E-state index in [-0.39, 0.29) is 6.61 Å². The number of hydrogen-bond acceptors (Lipinski definition) is 4. The van der Waals surface area contributed by atoms with Gasteiger partial charge in [-0.1, -0.05) is 18.5 Å². The summed E-state index contributed by atoms with van der Waals surface area (Å²) in [6.07, 6.45) is 2.43. The predicted octanol–water partition coefficient (Wildman–Crippen LogP) is 2.10. The lowest BCUT2D eigenvalue weighted by Gasteiger charge is -2.33. The smallest absolute Gasteiger partial charge is 0.255 e.